The molecule has 4 heteroatoms. The molecule has 0 saturated carbocycles. The van der Waals surface area contributed by atoms with E-state index in [0.717, 1.165) is 25.0 Å². The Bertz CT molecular complexity index is 434. The van der Waals surface area contributed by atoms with Gasteiger partial charge in [0.1, 0.15) is 6.54 Å². The summed E-state index contributed by atoms with van der Waals surface area (Å²) in [5.41, 5.74) is 9.75. The van der Waals surface area contributed by atoms with Crippen LogP contribution in [-0.2, 0) is 17.8 Å². The first kappa shape index (κ1) is 12.2. The molecule has 94 valence electrons. The molecular formula is C13H21N3O. The predicted molar refractivity (Wildman–Crippen MR) is 67.7 cm³/mol. The molecule has 17 heavy (non-hydrogen) atoms. The van der Waals surface area contributed by atoms with Crippen LogP contribution in [0.4, 0.5) is 0 Å². The molecular weight excluding hydrogens is 214 g/mol. The van der Waals surface area contributed by atoms with Crippen LogP contribution in [0.15, 0.2) is 6.07 Å². The summed E-state index contributed by atoms with van der Waals surface area (Å²) in [4.78, 5) is 13.4. The van der Waals surface area contributed by atoms with Gasteiger partial charge < -0.3 is 15.2 Å². The summed E-state index contributed by atoms with van der Waals surface area (Å²) in [6.45, 7) is 2.48. The van der Waals surface area contributed by atoms with Crippen molar-refractivity contribution in [1.82, 2.24) is 9.47 Å². The van der Waals surface area contributed by atoms with Crippen molar-refractivity contribution in [2.75, 3.05) is 14.1 Å². The van der Waals surface area contributed by atoms with Crippen molar-refractivity contribution in [2.24, 2.45) is 5.73 Å². The minimum absolute atomic E-state index is 0.130. The standard InChI is InChI=1S/C13H21N3O/c1-9-7-10-11(14)5-4-6-12(10)16(9)8-13(17)15(2)3/h7,11H,4-6,8,14H2,1-3H3. The molecule has 1 aromatic rings. The number of aryl methyl sites for hydroxylation is 1. The molecule has 1 heterocycles. The number of carbonyl (C=O) groups excluding carboxylic acids is 1. The highest BCUT2D eigenvalue weighted by molar-refractivity contribution is 5.75. The van der Waals surface area contributed by atoms with Gasteiger partial charge in [-0.1, -0.05) is 0 Å². The normalized spacial score (nSPS) is 18.9. The third kappa shape index (κ3) is 2.22. The van der Waals surface area contributed by atoms with E-state index in [0.29, 0.717) is 6.54 Å². The fourth-order valence-electron chi connectivity index (χ4n) is 2.50. The van der Waals surface area contributed by atoms with Crippen LogP contribution in [0.1, 0.15) is 35.8 Å². The summed E-state index contributed by atoms with van der Waals surface area (Å²) in [5, 5.41) is 0. The second-order valence-electron chi connectivity index (χ2n) is 5.06. The van der Waals surface area contributed by atoms with Gasteiger partial charge in [0.25, 0.3) is 0 Å². The number of nitrogens with two attached hydrogens (primary N) is 1. The Kier molecular flexibility index (Phi) is 3.24. The first-order valence-corrected chi connectivity index (χ1v) is 6.15. The first-order chi connectivity index (χ1) is 8.00. The van der Waals surface area contributed by atoms with E-state index >= 15 is 0 Å². The molecule has 1 amide bonds. The van der Waals surface area contributed by atoms with Crippen molar-refractivity contribution >= 4 is 5.91 Å². The van der Waals surface area contributed by atoms with Gasteiger partial charge >= 0.3 is 0 Å². The molecule has 0 saturated heterocycles. The molecule has 0 bridgehead atoms. The average Bonchev–Trinajstić information content (AvgIpc) is 2.58. The Labute approximate surface area is 102 Å². The third-order valence-electron chi connectivity index (χ3n) is 3.57. The van der Waals surface area contributed by atoms with Gasteiger partial charge in [-0.15, -0.1) is 0 Å². The van der Waals surface area contributed by atoms with Gasteiger partial charge in [0.05, 0.1) is 0 Å². The van der Waals surface area contributed by atoms with E-state index in [-0.39, 0.29) is 11.9 Å². The summed E-state index contributed by atoms with van der Waals surface area (Å²) in [7, 11) is 3.58. The lowest BCUT2D eigenvalue weighted by Gasteiger charge is -2.21. The second kappa shape index (κ2) is 4.53. The molecule has 1 unspecified atom stereocenters. The maximum Gasteiger partial charge on any atom is 0.241 e. The van der Waals surface area contributed by atoms with E-state index in [1.807, 2.05) is 6.92 Å². The number of hydrogen-bond donors (Lipinski definition) is 1. The number of carbonyl (C=O) groups is 1. The van der Waals surface area contributed by atoms with Gasteiger partial charge in [-0.3, -0.25) is 4.79 Å². The largest absolute Gasteiger partial charge is 0.347 e. The summed E-state index contributed by atoms with van der Waals surface area (Å²) < 4.78 is 2.12. The van der Waals surface area contributed by atoms with Gasteiger partial charge in [0.15, 0.2) is 0 Å². The number of aromatic nitrogens is 1. The lowest BCUT2D eigenvalue weighted by atomic mass is 9.93. The molecule has 4 nitrogen and oxygen atoms in total. The first-order valence-electron chi connectivity index (χ1n) is 6.15. The number of nitrogens with zero attached hydrogens (tertiary/aromatic N) is 2. The van der Waals surface area contributed by atoms with Crippen molar-refractivity contribution < 1.29 is 4.79 Å². The summed E-state index contributed by atoms with van der Waals surface area (Å²) in [5.74, 6) is 0.130. The molecule has 2 rings (SSSR count). The molecule has 0 spiro atoms. The fourth-order valence-corrected chi connectivity index (χ4v) is 2.50. The van der Waals surface area contributed by atoms with Gasteiger partial charge in [-0.2, -0.15) is 0 Å². The maximum atomic E-state index is 11.8. The van der Waals surface area contributed by atoms with Crippen LogP contribution in [0.2, 0.25) is 0 Å². The molecule has 1 aromatic heterocycles. The minimum Gasteiger partial charge on any atom is -0.347 e. The van der Waals surface area contributed by atoms with E-state index in [1.54, 1.807) is 19.0 Å². The van der Waals surface area contributed by atoms with E-state index < -0.39 is 0 Å². The van der Waals surface area contributed by atoms with Crippen molar-refractivity contribution in [3.8, 4) is 0 Å². The Morgan fingerprint density at radius 3 is 2.94 bits per heavy atom. The van der Waals surface area contributed by atoms with Crippen molar-refractivity contribution in [2.45, 2.75) is 38.8 Å². The van der Waals surface area contributed by atoms with Crippen LogP contribution in [0.5, 0.6) is 0 Å². The van der Waals surface area contributed by atoms with E-state index in [1.165, 1.54) is 11.3 Å². The summed E-state index contributed by atoms with van der Waals surface area (Å²) in [6, 6.07) is 2.29. The number of hydrogen-bond acceptors (Lipinski definition) is 2. The third-order valence-corrected chi connectivity index (χ3v) is 3.57. The van der Waals surface area contributed by atoms with Crippen molar-refractivity contribution in [3.63, 3.8) is 0 Å². The number of rotatable bonds is 2. The lowest BCUT2D eigenvalue weighted by Crippen LogP contribution is -2.28. The maximum absolute atomic E-state index is 11.8. The molecule has 0 fully saturated rings. The monoisotopic (exact) mass is 235 g/mol. The molecule has 0 radical (unpaired) electrons. The zero-order valence-electron chi connectivity index (χ0n) is 10.9. The van der Waals surface area contributed by atoms with Crippen LogP contribution in [0.25, 0.3) is 0 Å². The molecule has 1 aliphatic carbocycles. The van der Waals surface area contributed by atoms with Crippen molar-refractivity contribution in [3.05, 3.63) is 23.0 Å². The van der Waals surface area contributed by atoms with Crippen LogP contribution in [-0.4, -0.2) is 29.5 Å². The smallest absolute Gasteiger partial charge is 0.241 e. The molecule has 2 N–H and O–H groups in total. The van der Waals surface area contributed by atoms with E-state index in [9.17, 15) is 4.79 Å². The van der Waals surface area contributed by atoms with Gasteiger partial charge in [0, 0.05) is 31.5 Å². The number of fused-ring (bicyclic) bond motifs is 1. The zero-order chi connectivity index (χ0) is 12.6. The van der Waals surface area contributed by atoms with Gasteiger partial charge in [-0.25, -0.2) is 0 Å². The predicted octanol–water partition coefficient (Wildman–Crippen LogP) is 1.22. The zero-order valence-corrected chi connectivity index (χ0v) is 10.9. The lowest BCUT2D eigenvalue weighted by molar-refractivity contribution is -0.129. The van der Waals surface area contributed by atoms with E-state index in [2.05, 4.69) is 10.6 Å². The van der Waals surface area contributed by atoms with Crippen LogP contribution in [0.3, 0.4) is 0 Å². The Morgan fingerprint density at radius 2 is 2.29 bits per heavy atom. The van der Waals surface area contributed by atoms with Crippen molar-refractivity contribution in [1.29, 1.82) is 0 Å². The second-order valence-corrected chi connectivity index (χ2v) is 5.06. The Balaban J connectivity index is 2.31. The van der Waals surface area contributed by atoms with Gasteiger partial charge in [0.2, 0.25) is 5.91 Å². The number of amides is 1. The van der Waals surface area contributed by atoms with Crippen LogP contribution < -0.4 is 5.73 Å². The highest BCUT2D eigenvalue weighted by Crippen LogP contribution is 2.30. The van der Waals surface area contributed by atoms with Crippen LogP contribution in [0, 0.1) is 6.92 Å². The fraction of sp³-hybridized carbons (Fsp3) is 0.615. The SMILES string of the molecule is Cc1cc2c(n1CC(=O)N(C)C)CCCC2N. The highest BCUT2D eigenvalue weighted by atomic mass is 16.2. The van der Waals surface area contributed by atoms with Crippen LogP contribution >= 0.6 is 0 Å². The Morgan fingerprint density at radius 1 is 1.59 bits per heavy atom. The number of likely N-dealkylation sites (N-methyl/N-ethyl adjacent to an activating group) is 1. The topological polar surface area (TPSA) is 51.3 Å². The molecule has 0 aliphatic heterocycles. The molecule has 0 aromatic carbocycles. The average molecular weight is 235 g/mol. The summed E-state index contributed by atoms with van der Waals surface area (Å²) in [6.07, 6.45) is 3.21. The Hall–Kier alpha value is -1.29. The highest BCUT2D eigenvalue weighted by Gasteiger charge is 2.23. The van der Waals surface area contributed by atoms with Gasteiger partial charge in [-0.05, 0) is 37.8 Å². The van der Waals surface area contributed by atoms with E-state index in [4.69, 9.17) is 5.73 Å². The quantitative estimate of drug-likeness (QED) is 0.838. The summed E-state index contributed by atoms with van der Waals surface area (Å²) >= 11 is 0. The molecule has 1 atom stereocenters. The minimum atomic E-state index is 0.130. The molecule has 1 aliphatic rings.